The summed E-state index contributed by atoms with van der Waals surface area (Å²) in [7, 11) is -2.08. The Kier molecular flexibility index (Phi) is 9.01. The van der Waals surface area contributed by atoms with Crippen molar-refractivity contribution in [1.82, 2.24) is 14.5 Å². The maximum Gasteiger partial charge on any atom is 0.251 e. The molecule has 3 aromatic rings. The van der Waals surface area contributed by atoms with Crippen LogP contribution >= 0.6 is 11.6 Å². The molecule has 0 fully saturated rings. The molecule has 0 atom stereocenters. The number of nitrogens with one attached hydrogen (secondary N) is 1. The normalized spacial score (nSPS) is 14.2. The van der Waals surface area contributed by atoms with E-state index in [1.54, 1.807) is 37.4 Å². The van der Waals surface area contributed by atoms with Crippen molar-refractivity contribution in [1.29, 1.82) is 0 Å². The van der Waals surface area contributed by atoms with Crippen molar-refractivity contribution in [3.05, 3.63) is 94.0 Å². The molecule has 39 heavy (non-hydrogen) atoms. The first-order valence-electron chi connectivity index (χ1n) is 13.0. The first kappa shape index (κ1) is 29.1. The predicted octanol–water partition coefficient (Wildman–Crippen LogP) is 5.13. The summed E-state index contributed by atoms with van der Waals surface area (Å²) < 4.78 is 32.9. The van der Waals surface area contributed by atoms with Gasteiger partial charge in [-0.25, -0.2) is 8.42 Å². The van der Waals surface area contributed by atoms with Crippen molar-refractivity contribution in [3.63, 3.8) is 0 Å². The summed E-state index contributed by atoms with van der Waals surface area (Å²) in [6.07, 6.45) is 0.546. The second-order valence-electron chi connectivity index (χ2n) is 10.7. The van der Waals surface area contributed by atoms with Gasteiger partial charge in [-0.15, -0.1) is 0 Å². The Balaban J connectivity index is 1.36. The van der Waals surface area contributed by atoms with Gasteiger partial charge in [0, 0.05) is 48.8 Å². The zero-order valence-electron chi connectivity index (χ0n) is 22.9. The van der Waals surface area contributed by atoms with Crippen LogP contribution in [0, 0.1) is 0 Å². The van der Waals surface area contributed by atoms with Gasteiger partial charge in [-0.05, 0) is 92.4 Å². The highest BCUT2D eigenvalue weighted by Gasteiger charge is 2.29. The number of amides is 1. The third-order valence-electron chi connectivity index (χ3n) is 7.05. The van der Waals surface area contributed by atoms with Crippen LogP contribution in [0.2, 0.25) is 5.02 Å². The van der Waals surface area contributed by atoms with Crippen molar-refractivity contribution < 1.29 is 17.9 Å². The highest BCUT2D eigenvalue weighted by atomic mass is 35.5. The van der Waals surface area contributed by atoms with Crippen LogP contribution in [0.5, 0.6) is 5.75 Å². The Labute approximate surface area is 236 Å². The van der Waals surface area contributed by atoms with E-state index in [1.165, 1.54) is 9.87 Å². The summed E-state index contributed by atoms with van der Waals surface area (Å²) in [5, 5.41) is 3.76. The fraction of sp³-hybridized carbons (Fsp3) is 0.367. The van der Waals surface area contributed by atoms with Crippen LogP contribution in [0.3, 0.4) is 0 Å². The number of halogens is 1. The molecule has 7 nitrogen and oxygen atoms in total. The van der Waals surface area contributed by atoms with Crippen LogP contribution in [0.15, 0.2) is 71.6 Å². The van der Waals surface area contributed by atoms with Crippen LogP contribution in [0.4, 0.5) is 0 Å². The van der Waals surface area contributed by atoms with Gasteiger partial charge in [0.05, 0.1) is 12.0 Å². The van der Waals surface area contributed by atoms with E-state index >= 15 is 0 Å². The zero-order valence-corrected chi connectivity index (χ0v) is 24.5. The lowest BCUT2D eigenvalue weighted by molar-refractivity contribution is 0.0921. The first-order chi connectivity index (χ1) is 18.5. The average molecular weight is 570 g/mol. The average Bonchev–Trinajstić information content (AvgIpc) is 2.92. The molecule has 1 aliphatic heterocycles. The maximum absolute atomic E-state index is 13.2. The lowest BCUT2D eigenvalue weighted by atomic mass is 9.98. The van der Waals surface area contributed by atoms with Gasteiger partial charge in [-0.2, -0.15) is 4.31 Å². The Bertz CT molecular complexity index is 1400. The molecule has 0 radical (unpaired) electrons. The fourth-order valence-electron chi connectivity index (χ4n) is 4.64. The van der Waals surface area contributed by atoms with E-state index in [-0.39, 0.29) is 22.9 Å². The molecule has 208 valence electrons. The molecule has 0 spiro atoms. The van der Waals surface area contributed by atoms with E-state index < -0.39 is 10.0 Å². The number of methoxy groups -OCH3 is 1. The molecule has 1 amide bonds. The second-order valence-corrected chi connectivity index (χ2v) is 13.1. The molecule has 1 heterocycles. The van der Waals surface area contributed by atoms with Crippen LogP contribution in [-0.2, 0) is 29.5 Å². The first-order valence-corrected chi connectivity index (χ1v) is 14.8. The summed E-state index contributed by atoms with van der Waals surface area (Å²) in [5.41, 5.74) is 3.59. The Hall–Kier alpha value is -2.91. The van der Waals surface area contributed by atoms with Gasteiger partial charge < -0.3 is 10.1 Å². The molecule has 0 aromatic heterocycles. The number of hydrogen-bond donors (Lipinski definition) is 1. The van der Waals surface area contributed by atoms with E-state index in [2.05, 4.69) is 31.0 Å². The molecule has 0 saturated heterocycles. The molecule has 9 heteroatoms. The van der Waals surface area contributed by atoms with Gasteiger partial charge in [0.15, 0.2) is 0 Å². The van der Waals surface area contributed by atoms with E-state index in [9.17, 15) is 13.2 Å². The number of carbonyl (C=O) groups excluding carboxylic acids is 1. The monoisotopic (exact) mass is 569 g/mol. The van der Waals surface area contributed by atoms with Crippen molar-refractivity contribution in [2.75, 3.05) is 26.7 Å². The summed E-state index contributed by atoms with van der Waals surface area (Å²) in [5.74, 6) is 0.475. The predicted molar refractivity (Wildman–Crippen MR) is 155 cm³/mol. The number of ether oxygens (including phenoxy) is 1. The molecule has 3 aromatic carbocycles. The van der Waals surface area contributed by atoms with Gasteiger partial charge in [0.2, 0.25) is 10.0 Å². The highest BCUT2D eigenvalue weighted by molar-refractivity contribution is 7.89. The van der Waals surface area contributed by atoms with Gasteiger partial charge in [0.25, 0.3) is 5.91 Å². The molecular formula is C30H36ClN3O4S. The number of rotatable bonds is 9. The summed E-state index contributed by atoms with van der Waals surface area (Å²) in [6, 6.07) is 19.8. The molecule has 0 bridgehead atoms. The number of hydrogen-bond acceptors (Lipinski definition) is 5. The third kappa shape index (κ3) is 7.19. The molecule has 4 rings (SSSR count). The minimum absolute atomic E-state index is 0.0752. The van der Waals surface area contributed by atoms with Crippen LogP contribution in [0.1, 0.15) is 47.8 Å². The quantitative estimate of drug-likeness (QED) is 0.387. The molecule has 1 N–H and O–H groups in total. The van der Waals surface area contributed by atoms with Crippen molar-refractivity contribution >= 4 is 27.5 Å². The number of carbonyl (C=O) groups is 1. The summed E-state index contributed by atoms with van der Waals surface area (Å²) in [4.78, 5) is 15.5. The van der Waals surface area contributed by atoms with E-state index in [4.69, 9.17) is 16.3 Å². The largest absolute Gasteiger partial charge is 0.497 e. The molecule has 0 aliphatic carbocycles. The lowest BCUT2D eigenvalue weighted by Gasteiger charge is -2.36. The van der Waals surface area contributed by atoms with Crippen LogP contribution in [-0.4, -0.2) is 55.8 Å². The third-order valence-corrected chi connectivity index (χ3v) is 9.16. The maximum atomic E-state index is 13.2. The number of nitrogens with zero attached hydrogens (tertiary/aromatic N) is 2. The molecule has 1 aliphatic rings. The Morgan fingerprint density at radius 2 is 1.72 bits per heavy atom. The minimum Gasteiger partial charge on any atom is -0.497 e. The zero-order chi connectivity index (χ0) is 28.2. The SMILES string of the molecule is COc1ccc(S(=O)(=O)N2CCc3cc(C(=O)NCCN(Cc4ccc(Cl)cc4)C(C)(C)C)ccc3C2)cc1. The topological polar surface area (TPSA) is 79.0 Å². The van der Waals surface area contributed by atoms with Gasteiger partial charge in [-0.1, -0.05) is 29.8 Å². The number of fused-ring (bicyclic) bond motifs is 1. The standard InChI is InChI=1S/C30H36ClN3O4S/c1-30(2,3)33(20-22-5-9-26(31)10-6-22)18-16-32-29(35)24-7-8-25-21-34(17-15-23(25)19-24)39(36,37)28-13-11-27(38-4)12-14-28/h5-14,19H,15-18,20-21H2,1-4H3,(H,32,35). The van der Waals surface area contributed by atoms with E-state index in [0.29, 0.717) is 42.4 Å². The van der Waals surface area contributed by atoms with Crippen LogP contribution in [0.25, 0.3) is 0 Å². The number of sulfonamides is 1. The molecule has 0 saturated carbocycles. The lowest BCUT2D eigenvalue weighted by Crippen LogP contribution is -2.45. The van der Waals surface area contributed by atoms with E-state index in [1.807, 2.05) is 36.4 Å². The second kappa shape index (κ2) is 12.1. The van der Waals surface area contributed by atoms with Gasteiger partial charge >= 0.3 is 0 Å². The van der Waals surface area contributed by atoms with Gasteiger partial charge in [-0.3, -0.25) is 9.69 Å². The van der Waals surface area contributed by atoms with Crippen LogP contribution < -0.4 is 10.1 Å². The Morgan fingerprint density at radius 3 is 2.36 bits per heavy atom. The fourth-order valence-corrected chi connectivity index (χ4v) is 6.18. The smallest absolute Gasteiger partial charge is 0.251 e. The van der Waals surface area contributed by atoms with Crippen molar-refractivity contribution in [3.8, 4) is 5.75 Å². The highest BCUT2D eigenvalue weighted by Crippen LogP contribution is 2.27. The van der Waals surface area contributed by atoms with Gasteiger partial charge in [0.1, 0.15) is 5.75 Å². The minimum atomic E-state index is -3.63. The molecular weight excluding hydrogens is 534 g/mol. The van der Waals surface area contributed by atoms with E-state index in [0.717, 1.165) is 17.7 Å². The summed E-state index contributed by atoms with van der Waals surface area (Å²) >= 11 is 6.03. The van der Waals surface area contributed by atoms with Crippen molar-refractivity contribution in [2.24, 2.45) is 0 Å². The Morgan fingerprint density at radius 1 is 1.03 bits per heavy atom. The number of benzene rings is 3. The summed E-state index contributed by atoms with van der Waals surface area (Å²) in [6.45, 7) is 9.07. The molecule has 0 unspecified atom stereocenters. The van der Waals surface area contributed by atoms with Crippen molar-refractivity contribution in [2.45, 2.75) is 50.7 Å².